The Kier molecular flexibility index (Phi) is 5.04. The SMILES string of the molecule is O=c1c2ccccc2nc(SCc2cccc(F)c2)n1C[C@@H]1CCCO1. The second kappa shape index (κ2) is 7.60. The standard InChI is InChI=1S/C20H19FN2O2S/c21-15-6-3-5-14(11-15)13-26-20-22-18-9-2-1-8-17(18)19(24)23(20)12-16-7-4-10-25-16/h1-3,5-6,8-9,11,16H,4,7,10,12-13H2/t16-/m0/s1. The molecule has 3 aromatic rings. The zero-order valence-corrected chi connectivity index (χ0v) is 15.0. The molecule has 0 aliphatic carbocycles. The van der Waals surface area contributed by atoms with E-state index in [9.17, 15) is 9.18 Å². The van der Waals surface area contributed by atoms with Crippen LogP contribution in [0.25, 0.3) is 10.9 Å². The molecule has 0 spiro atoms. The van der Waals surface area contributed by atoms with Crippen molar-refractivity contribution in [2.75, 3.05) is 6.61 Å². The van der Waals surface area contributed by atoms with E-state index in [1.807, 2.05) is 24.3 Å². The van der Waals surface area contributed by atoms with Crippen LogP contribution < -0.4 is 5.56 Å². The summed E-state index contributed by atoms with van der Waals surface area (Å²) in [4.78, 5) is 17.7. The number of aromatic nitrogens is 2. The zero-order valence-electron chi connectivity index (χ0n) is 14.2. The zero-order chi connectivity index (χ0) is 17.9. The van der Waals surface area contributed by atoms with E-state index in [-0.39, 0.29) is 17.5 Å². The first-order chi connectivity index (χ1) is 12.7. The Morgan fingerprint density at radius 2 is 2.12 bits per heavy atom. The quantitative estimate of drug-likeness (QED) is 0.503. The fraction of sp³-hybridized carbons (Fsp3) is 0.300. The summed E-state index contributed by atoms with van der Waals surface area (Å²) in [5, 5.41) is 1.26. The van der Waals surface area contributed by atoms with Crippen LogP contribution in [0.1, 0.15) is 18.4 Å². The van der Waals surface area contributed by atoms with Crippen LogP contribution in [0.3, 0.4) is 0 Å². The molecule has 1 saturated heterocycles. The Labute approximate surface area is 155 Å². The summed E-state index contributed by atoms with van der Waals surface area (Å²) >= 11 is 1.45. The topological polar surface area (TPSA) is 44.1 Å². The number of hydrogen-bond acceptors (Lipinski definition) is 4. The van der Waals surface area contributed by atoms with E-state index in [1.54, 1.807) is 16.7 Å². The third kappa shape index (κ3) is 3.66. The van der Waals surface area contributed by atoms with E-state index in [0.717, 1.165) is 25.0 Å². The average molecular weight is 370 g/mol. The van der Waals surface area contributed by atoms with Crippen molar-refractivity contribution in [1.82, 2.24) is 9.55 Å². The number of fused-ring (bicyclic) bond motifs is 1. The van der Waals surface area contributed by atoms with Gasteiger partial charge in [-0.15, -0.1) is 0 Å². The minimum absolute atomic E-state index is 0.0455. The lowest BCUT2D eigenvalue weighted by molar-refractivity contribution is 0.0937. The highest BCUT2D eigenvalue weighted by atomic mass is 32.2. The molecule has 0 amide bonds. The Hall–Kier alpha value is -2.18. The van der Waals surface area contributed by atoms with E-state index in [4.69, 9.17) is 9.72 Å². The van der Waals surface area contributed by atoms with Gasteiger partial charge in [-0.3, -0.25) is 9.36 Å². The first kappa shape index (κ1) is 17.2. The fourth-order valence-electron chi connectivity index (χ4n) is 3.19. The minimum atomic E-state index is -0.258. The smallest absolute Gasteiger partial charge is 0.262 e. The molecule has 26 heavy (non-hydrogen) atoms. The van der Waals surface area contributed by atoms with E-state index in [0.29, 0.717) is 28.4 Å². The van der Waals surface area contributed by atoms with Crippen LogP contribution >= 0.6 is 11.8 Å². The molecule has 4 rings (SSSR count). The maximum atomic E-state index is 13.4. The molecule has 134 valence electrons. The van der Waals surface area contributed by atoms with Gasteiger partial charge in [0.25, 0.3) is 5.56 Å². The second-order valence-corrected chi connectivity index (χ2v) is 7.32. The summed E-state index contributed by atoms with van der Waals surface area (Å²) in [5.74, 6) is 0.292. The Morgan fingerprint density at radius 3 is 2.92 bits per heavy atom. The van der Waals surface area contributed by atoms with Crippen molar-refractivity contribution in [3.8, 4) is 0 Å². The van der Waals surface area contributed by atoms with Crippen LogP contribution in [0.4, 0.5) is 4.39 Å². The maximum absolute atomic E-state index is 13.4. The summed E-state index contributed by atoms with van der Waals surface area (Å²) in [6.45, 7) is 1.24. The van der Waals surface area contributed by atoms with Crippen LogP contribution in [0, 0.1) is 5.82 Å². The highest BCUT2D eigenvalue weighted by Gasteiger charge is 2.20. The number of rotatable bonds is 5. The van der Waals surface area contributed by atoms with Crippen molar-refractivity contribution >= 4 is 22.7 Å². The number of ether oxygens (including phenoxy) is 1. The summed E-state index contributed by atoms with van der Waals surface area (Å²) in [5.41, 5.74) is 1.50. The van der Waals surface area contributed by atoms with Gasteiger partial charge in [0, 0.05) is 12.4 Å². The molecule has 1 aliphatic heterocycles. The largest absolute Gasteiger partial charge is 0.376 e. The van der Waals surface area contributed by atoms with E-state index in [2.05, 4.69) is 0 Å². The number of thioether (sulfide) groups is 1. The average Bonchev–Trinajstić information content (AvgIpc) is 3.16. The van der Waals surface area contributed by atoms with Crippen LogP contribution in [0.5, 0.6) is 0 Å². The number of hydrogen-bond donors (Lipinski definition) is 0. The predicted molar refractivity (Wildman–Crippen MR) is 101 cm³/mol. The van der Waals surface area contributed by atoms with E-state index in [1.165, 1.54) is 23.9 Å². The van der Waals surface area contributed by atoms with Crippen LogP contribution in [0.2, 0.25) is 0 Å². The minimum Gasteiger partial charge on any atom is -0.376 e. The molecule has 0 radical (unpaired) electrons. The van der Waals surface area contributed by atoms with Crippen LogP contribution in [-0.2, 0) is 17.0 Å². The lowest BCUT2D eigenvalue weighted by atomic mass is 10.2. The van der Waals surface area contributed by atoms with Gasteiger partial charge in [0.1, 0.15) is 5.82 Å². The van der Waals surface area contributed by atoms with Gasteiger partial charge < -0.3 is 4.74 Å². The molecular weight excluding hydrogens is 351 g/mol. The summed E-state index contributed by atoms with van der Waals surface area (Å²) in [6.07, 6.45) is 2.02. The van der Waals surface area contributed by atoms with Crippen LogP contribution in [0.15, 0.2) is 58.5 Å². The van der Waals surface area contributed by atoms with Crippen molar-refractivity contribution in [2.45, 2.75) is 36.4 Å². The Balaban J connectivity index is 1.69. The van der Waals surface area contributed by atoms with Crippen molar-refractivity contribution in [1.29, 1.82) is 0 Å². The molecule has 2 aromatic carbocycles. The molecule has 2 heterocycles. The van der Waals surface area contributed by atoms with Gasteiger partial charge in [-0.25, -0.2) is 9.37 Å². The highest BCUT2D eigenvalue weighted by molar-refractivity contribution is 7.98. The molecule has 0 bridgehead atoms. The third-order valence-electron chi connectivity index (χ3n) is 4.49. The number of para-hydroxylation sites is 1. The second-order valence-electron chi connectivity index (χ2n) is 6.38. The molecule has 1 atom stereocenters. The van der Waals surface area contributed by atoms with Gasteiger partial charge >= 0.3 is 0 Å². The molecule has 1 aromatic heterocycles. The van der Waals surface area contributed by atoms with Crippen LogP contribution in [-0.4, -0.2) is 22.3 Å². The number of nitrogens with zero attached hydrogens (tertiary/aromatic N) is 2. The summed E-state index contributed by atoms with van der Waals surface area (Å²) in [6, 6.07) is 13.9. The molecule has 0 N–H and O–H groups in total. The van der Waals surface area contributed by atoms with Gasteiger partial charge in [-0.2, -0.15) is 0 Å². The van der Waals surface area contributed by atoms with Gasteiger partial charge in [-0.05, 0) is 42.7 Å². The molecule has 0 unspecified atom stereocenters. The fourth-order valence-corrected chi connectivity index (χ4v) is 4.14. The Morgan fingerprint density at radius 1 is 1.23 bits per heavy atom. The summed E-state index contributed by atoms with van der Waals surface area (Å²) in [7, 11) is 0. The maximum Gasteiger partial charge on any atom is 0.262 e. The predicted octanol–water partition coefficient (Wildman–Crippen LogP) is 4.01. The lowest BCUT2D eigenvalue weighted by Crippen LogP contribution is -2.28. The monoisotopic (exact) mass is 370 g/mol. The lowest BCUT2D eigenvalue weighted by Gasteiger charge is -2.16. The first-order valence-corrected chi connectivity index (χ1v) is 9.68. The first-order valence-electron chi connectivity index (χ1n) is 8.69. The van der Waals surface area contributed by atoms with Crippen molar-refractivity contribution < 1.29 is 9.13 Å². The molecule has 6 heteroatoms. The third-order valence-corrected chi connectivity index (χ3v) is 5.54. The molecule has 1 fully saturated rings. The molecule has 0 saturated carbocycles. The molecule has 4 nitrogen and oxygen atoms in total. The van der Waals surface area contributed by atoms with Gasteiger partial charge in [0.2, 0.25) is 0 Å². The number of benzene rings is 2. The van der Waals surface area contributed by atoms with Crippen molar-refractivity contribution in [2.24, 2.45) is 0 Å². The Bertz CT molecular complexity index is 983. The van der Waals surface area contributed by atoms with Gasteiger partial charge in [0.15, 0.2) is 5.16 Å². The van der Waals surface area contributed by atoms with Gasteiger partial charge in [0.05, 0.1) is 23.6 Å². The van der Waals surface area contributed by atoms with E-state index >= 15 is 0 Å². The molecule has 1 aliphatic rings. The molecular formula is C20H19FN2O2S. The van der Waals surface area contributed by atoms with Crippen molar-refractivity contribution in [3.63, 3.8) is 0 Å². The highest BCUT2D eigenvalue weighted by Crippen LogP contribution is 2.24. The van der Waals surface area contributed by atoms with Crippen molar-refractivity contribution in [3.05, 3.63) is 70.3 Å². The van der Waals surface area contributed by atoms with Gasteiger partial charge in [-0.1, -0.05) is 36.0 Å². The van der Waals surface area contributed by atoms with E-state index < -0.39 is 0 Å². The normalized spacial score (nSPS) is 17.0. The number of halogens is 1. The summed E-state index contributed by atoms with van der Waals surface area (Å²) < 4.78 is 20.8.